The van der Waals surface area contributed by atoms with Crippen LogP contribution in [0.25, 0.3) is 0 Å². The van der Waals surface area contributed by atoms with Crippen LogP contribution in [0.5, 0.6) is 0 Å². The molecule has 0 aromatic heterocycles. The van der Waals surface area contributed by atoms with Gasteiger partial charge in [-0.2, -0.15) is 5.26 Å². The second-order valence-electron chi connectivity index (χ2n) is 7.14. The lowest BCUT2D eigenvalue weighted by Gasteiger charge is -2.50. The van der Waals surface area contributed by atoms with Crippen LogP contribution in [0.4, 0.5) is 0 Å². The Morgan fingerprint density at radius 1 is 1.28 bits per heavy atom. The Morgan fingerprint density at radius 3 is 2.56 bits per heavy atom. The van der Waals surface area contributed by atoms with Crippen molar-refractivity contribution in [3.63, 3.8) is 0 Å². The van der Waals surface area contributed by atoms with Crippen LogP contribution in [-0.4, -0.2) is 58.6 Å². The molecule has 2 bridgehead atoms. The van der Waals surface area contributed by atoms with Crippen molar-refractivity contribution in [2.75, 3.05) is 13.1 Å². The van der Waals surface area contributed by atoms with E-state index in [2.05, 4.69) is 5.32 Å². The van der Waals surface area contributed by atoms with Crippen molar-refractivity contribution < 1.29 is 19.2 Å². The third-order valence-electron chi connectivity index (χ3n) is 5.43. The molecular formula is C17H22N4O4. The van der Waals surface area contributed by atoms with Gasteiger partial charge < -0.3 is 10.2 Å². The minimum absolute atomic E-state index is 0.123. The number of amides is 4. The van der Waals surface area contributed by atoms with E-state index in [-0.39, 0.29) is 55.1 Å². The zero-order valence-electron chi connectivity index (χ0n) is 14.2. The van der Waals surface area contributed by atoms with E-state index < -0.39 is 5.92 Å². The number of likely N-dealkylation sites (tertiary alicyclic amines) is 1. The first-order valence-corrected chi connectivity index (χ1v) is 8.73. The molecule has 3 saturated heterocycles. The fourth-order valence-electron chi connectivity index (χ4n) is 4.10. The molecule has 0 aromatic rings. The Morgan fingerprint density at radius 2 is 1.96 bits per heavy atom. The molecule has 4 unspecified atom stereocenters. The van der Waals surface area contributed by atoms with Crippen LogP contribution in [0.1, 0.15) is 39.0 Å². The molecule has 8 heteroatoms. The SMILES string of the molecule is CC(C#N)C(=O)N1CC2CCC1C(NC(=O)CN1C(=O)CCC1=O)C2. The van der Waals surface area contributed by atoms with Crippen LogP contribution in [-0.2, 0) is 19.2 Å². The van der Waals surface area contributed by atoms with Crippen molar-refractivity contribution in [1.29, 1.82) is 5.26 Å². The maximum atomic E-state index is 12.4. The summed E-state index contributed by atoms with van der Waals surface area (Å²) >= 11 is 0. The average molecular weight is 346 g/mol. The van der Waals surface area contributed by atoms with Crippen molar-refractivity contribution in [3.8, 4) is 6.07 Å². The summed E-state index contributed by atoms with van der Waals surface area (Å²) in [6.45, 7) is 1.96. The predicted octanol–water partition coefficient (Wildman–Crippen LogP) is -0.209. The van der Waals surface area contributed by atoms with Crippen molar-refractivity contribution in [2.45, 2.75) is 51.1 Å². The number of fused-ring (bicyclic) bond motifs is 3. The number of nitrogens with zero attached hydrogens (tertiary/aromatic N) is 3. The maximum absolute atomic E-state index is 12.4. The molecule has 4 atom stereocenters. The van der Waals surface area contributed by atoms with E-state index in [4.69, 9.17) is 5.26 Å². The lowest BCUT2D eigenvalue weighted by Crippen LogP contribution is -2.63. The second kappa shape index (κ2) is 6.82. The van der Waals surface area contributed by atoms with Gasteiger partial charge in [0, 0.05) is 25.4 Å². The van der Waals surface area contributed by atoms with Gasteiger partial charge in [0.25, 0.3) is 0 Å². The largest absolute Gasteiger partial charge is 0.350 e. The zero-order chi connectivity index (χ0) is 18.1. The van der Waals surface area contributed by atoms with E-state index in [0.29, 0.717) is 12.5 Å². The Hall–Kier alpha value is -2.43. The smallest absolute Gasteiger partial charge is 0.240 e. The van der Waals surface area contributed by atoms with E-state index in [1.54, 1.807) is 11.8 Å². The second-order valence-corrected chi connectivity index (χ2v) is 7.14. The predicted molar refractivity (Wildman–Crippen MR) is 85.5 cm³/mol. The minimum Gasteiger partial charge on any atom is -0.350 e. The highest BCUT2D eigenvalue weighted by molar-refractivity contribution is 6.04. The molecule has 8 nitrogen and oxygen atoms in total. The fourth-order valence-corrected chi connectivity index (χ4v) is 4.10. The van der Waals surface area contributed by atoms with Gasteiger partial charge in [0.2, 0.25) is 23.6 Å². The molecule has 134 valence electrons. The summed E-state index contributed by atoms with van der Waals surface area (Å²) < 4.78 is 0. The first kappa shape index (κ1) is 17.4. The minimum atomic E-state index is -0.699. The third kappa shape index (κ3) is 3.36. The molecule has 1 saturated carbocycles. The molecule has 3 aliphatic heterocycles. The molecule has 1 aliphatic carbocycles. The zero-order valence-corrected chi connectivity index (χ0v) is 14.2. The van der Waals surface area contributed by atoms with Gasteiger partial charge in [-0.05, 0) is 32.1 Å². The van der Waals surface area contributed by atoms with Crippen LogP contribution in [0.2, 0.25) is 0 Å². The molecule has 3 heterocycles. The summed E-state index contributed by atoms with van der Waals surface area (Å²) in [6.07, 6.45) is 2.90. The van der Waals surface area contributed by atoms with E-state index in [1.165, 1.54) is 0 Å². The van der Waals surface area contributed by atoms with Gasteiger partial charge in [-0.25, -0.2) is 0 Å². The molecular weight excluding hydrogens is 324 g/mol. The Kier molecular flexibility index (Phi) is 4.75. The van der Waals surface area contributed by atoms with Crippen LogP contribution in [0, 0.1) is 23.2 Å². The number of carbonyl (C=O) groups excluding carboxylic acids is 4. The molecule has 4 amide bonds. The van der Waals surface area contributed by atoms with E-state index in [1.807, 2.05) is 6.07 Å². The number of hydrogen-bond acceptors (Lipinski definition) is 5. The van der Waals surface area contributed by atoms with E-state index in [0.717, 1.165) is 24.2 Å². The third-order valence-corrected chi connectivity index (χ3v) is 5.43. The summed E-state index contributed by atoms with van der Waals surface area (Å²) in [5.74, 6) is -1.59. The highest BCUT2D eigenvalue weighted by Crippen LogP contribution is 2.36. The van der Waals surface area contributed by atoms with Crippen LogP contribution >= 0.6 is 0 Å². The highest BCUT2D eigenvalue weighted by atomic mass is 16.2. The number of rotatable bonds is 4. The molecule has 1 N–H and O–H groups in total. The number of nitrogens with one attached hydrogen (secondary N) is 1. The molecule has 0 spiro atoms. The summed E-state index contributed by atoms with van der Waals surface area (Å²) in [7, 11) is 0. The number of nitriles is 1. The standard InChI is InChI=1S/C17H22N4O4/c1-10(7-18)17(25)20-8-11-2-3-13(20)12(6-11)19-14(22)9-21-15(23)4-5-16(21)24/h10-13H,2-6,8-9H2,1H3,(H,19,22). The molecule has 0 radical (unpaired) electrons. The topological polar surface area (TPSA) is 111 Å². The van der Waals surface area contributed by atoms with Gasteiger partial charge in [-0.3, -0.25) is 24.1 Å². The summed E-state index contributed by atoms with van der Waals surface area (Å²) in [5.41, 5.74) is 0. The van der Waals surface area contributed by atoms with Crippen molar-refractivity contribution in [2.24, 2.45) is 11.8 Å². The summed E-state index contributed by atoms with van der Waals surface area (Å²) in [6, 6.07) is 1.66. The monoisotopic (exact) mass is 346 g/mol. The lowest BCUT2D eigenvalue weighted by atomic mass is 9.76. The summed E-state index contributed by atoms with van der Waals surface area (Å²) in [5, 5.41) is 11.9. The quantitative estimate of drug-likeness (QED) is 0.708. The molecule has 0 aromatic carbocycles. The van der Waals surface area contributed by atoms with Gasteiger partial charge in [0.1, 0.15) is 12.5 Å². The van der Waals surface area contributed by atoms with Crippen molar-refractivity contribution >= 4 is 23.6 Å². The molecule has 4 fully saturated rings. The van der Waals surface area contributed by atoms with Gasteiger partial charge in [-0.15, -0.1) is 0 Å². The van der Waals surface area contributed by atoms with Crippen molar-refractivity contribution in [1.82, 2.24) is 15.1 Å². The van der Waals surface area contributed by atoms with E-state index >= 15 is 0 Å². The number of piperidine rings is 2. The van der Waals surface area contributed by atoms with Gasteiger partial charge in [-0.1, -0.05) is 0 Å². The van der Waals surface area contributed by atoms with E-state index in [9.17, 15) is 19.2 Å². The first-order chi connectivity index (χ1) is 11.9. The fraction of sp³-hybridized carbons (Fsp3) is 0.706. The van der Waals surface area contributed by atoms with Crippen LogP contribution < -0.4 is 5.32 Å². The number of carbonyl (C=O) groups is 4. The number of hydrogen-bond donors (Lipinski definition) is 1. The van der Waals surface area contributed by atoms with Crippen molar-refractivity contribution in [3.05, 3.63) is 0 Å². The number of imide groups is 1. The molecule has 25 heavy (non-hydrogen) atoms. The van der Waals surface area contributed by atoms with Gasteiger partial charge >= 0.3 is 0 Å². The maximum Gasteiger partial charge on any atom is 0.240 e. The van der Waals surface area contributed by atoms with Crippen LogP contribution in [0.15, 0.2) is 0 Å². The first-order valence-electron chi connectivity index (χ1n) is 8.73. The Balaban J connectivity index is 1.63. The normalized spacial score (nSPS) is 29.5. The Bertz CT molecular complexity index is 640. The van der Waals surface area contributed by atoms with Gasteiger partial charge in [0.15, 0.2) is 0 Å². The Labute approximate surface area is 146 Å². The molecule has 4 rings (SSSR count). The van der Waals surface area contributed by atoms with Crippen LogP contribution in [0.3, 0.4) is 0 Å². The lowest BCUT2D eigenvalue weighted by molar-refractivity contribution is -0.145. The highest BCUT2D eigenvalue weighted by Gasteiger charge is 2.44. The van der Waals surface area contributed by atoms with Gasteiger partial charge in [0.05, 0.1) is 12.1 Å². The average Bonchev–Trinajstić information content (AvgIpc) is 2.92. The summed E-state index contributed by atoms with van der Waals surface area (Å²) in [4.78, 5) is 50.7. The molecule has 4 aliphatic rings.